The molecule has 26 heavy (non-hydrogen) atoms. The van der Waals surface area contributed by atoms with Crippen molar-refractivity contribution in [1.82, 2.24) is 14.9 Å². The van der Waals surface area contributed by atoms with Crippen molar-refractivity contribution in [2.45, 2.75) is 31.2 Å². The van der Waals surface area contributed by atoms with Crippen LogP contribution in [0.25, 0.3) is 0 Å². The lowest BCUT2D eigenvalue weighted by molar-refractivity contribution is 0.281. The molecule has 2 N–H and O–H groups in total. The summed E-state index contributed by atoms with van der Waals surface area (Å²) in [6, 6.07) is 6.98. The maximum absolute atomic E-state index is 12.7. The predicted octanol–water partition coefficient (Wildman–Crippen LogP) is 2.02. The van der Waals surface area contributed by atoms with Crippen LogP contribution in [0.5, 0.6) is 0 Å². The van der Waals surface area contributed by atoms with E-state index in [1.54, 1.807) is 23.5 Å². The van der Waals surface area contributed by atoms with E-state index >= 15 is 0 Å². The van der Waals surface area contributed by atoms with Gasteiger partial charge in [0, 0.05) is 26.7 Å². The van der Waals surface area contributed by atoms with Gasteiger partial charge in [-0.25, -0.2) is 8.42 Å². The van der Waals surface area contributed by atoms with Crippen LogP contribution < -0.4 is 10.6 Å². The number of rotatable bonds is 5. The number of aliphatic imine (C=N–C) groups is 1. The van der Waals surface area contributed by atoms with Crippen molar-refractivity contribution in [2.24, 2.45) is 10.9 Å². The minimum atomic E-state index is -3.40. The van der Waals surface area contributed by atoms with Gasteiger partial charge in [0.05, 0.1) is 11.4 Å². The zero-order valence-corrected chi connectivity index (χ0v) is 18.4. The Bertz CT molecular complexity index is 741. The number of nitrogens with zero attached hydrogens (tertiary/aromatic N) is 2. The van der Waals surface area contributed by atoms with Crippen LogP contribution in [-0.2, 0) is 16.6 Å². The molecule has 1 heterocycles. The molecule has 6 nitrogen and oxygen atoms in total. The van der Waals surface area contributed by atoms with Crippen molar-refractivity contribution in [3.8, 4) is 12.3 Å². The summed E-state index contributed by atoms with van der Waals surface area (Å²) in [5.41, 5.74) is 0.967. The van der Waals surface area contributed by atoms with Crippen molar-refractivity contribution < 1.29 is 8.42 Å². The number of piperidine rings is 1. The Labute approximate surface area is 173 Å². The summed E-state index contributed by atoms with van der Waals surface area (Å²) in [6.07, 6.45) is 7.22. The highest BCUT2D eigenvalue weighted by Gasteiger charge is 2.28. The van der Waals surface area contributed by atoms with Crippen molar-refractivity contribution in [3.63, 3.8) is 0 Å². The van der Waals surface area contributed by atoms with Gasteiger partial charge in [-0.05, 0) is 36.5 Å². The predicted molar refractivity (Wildman–Crippen MR) is 116 cm³/mol. The van der Waals surface area contributed by atoms with E-state index in [1.807, 2.05) is 12.1 Å². The van der Waals surface area contributed by atoms with E-state index in [0.717, 1.165) is 18.4 Å². The fraction of sp³-hybridized carbons (Fsp3) is 0.500. The molecule has 0 aliphatic carbocycles. The number of benzene rings is 1. The maximum Gasteiger partial charge on any atom is 0.243 e. The quantitative estimate of drug-likeness (QED) is 0.287. The second-order valence-electron chi connectivity index (χ2n) is 6.24. The van der Waals surface area contributed by atoms with Crippen LogP contribution >= 0.6 is 24.0 Å². The number of sulfonamides is 1. The summed E-state index contributed by atoms with van der Waals surface area (Å²) in [7, 11) is -1.74. The van der Waals surface area contributed by atoms with Gasteiger partial charge in [-0.2, -0.15) is 4.31 Å². The Morgan fingerprint density at radius 1 is 1.35 bits per heavy atom. The Kier molecular flexibility index (Phi) is 9.39. The molecule has 1 atom stereocenters. The van der Waals surface area contributed by atoms with E-state index in [2.05, 4.69) is 28.5 Å². The van der Waals surface area contributed by atoms with Crippen molar-refractivity contribution in [2.75, 3.05) is 26.7 Å². The first kappa shape index (κ1) is 22.7. The highest BCUT2D eigenvalue weighted by molar-refractivity contribution is 14.0. The monoisotopic (exact) mass is 490 g/mol. The Morgan fingerprint density at radius 2 is 2.04 bits per heavy atom. The van der Waals surface area contributed by atoms with Crippen LogP contribution in [0.3, 0.4) is 0 Å². The molecule has 0 spiro atoms. The van der Waals surface area contributed by atoms with Crippen molar-refractivity contribution >= 4 is 40.0 Å². The van der Waals surface area contributed by atoms with E-state index in [-0.39, 0.29) is 24.0 Å². The van der Waals surface area contributed by atoms with Gasteiger partial charge in [-0.3, -0.25) is 4.99 Å². The molecule has 1 saturated heterocycles. The number of halogens is 1. The minimum Gasteiger partial charge on any atom is -0.352 e. The molecule has 0 radical (unpaired) electrons. The van der Waals surface area contributed by atoms with Crippen LogP contribution in [0.1, 0.15) is 25.3 Å². The molecule has 1 aromatic carbocycles. The van der Waals surface area contributed by atoms with Crippen LogP contribution in [0.2, 0.25) is 0 Å². The second kappa shape index (κ2) is 10.7. The average Bonchev–Trinajstić information content (AvgIpc) is 2.62. The number of guanidine groups is 1. The number of hydrogen-bond acceptors (Lipinski definition) is 3. The molecule has 1 unspecified atom stereocenters. The Balaban J connectivity index is 0.00000338. The molecule has 1 aliphatic rings. The highest BCUT2D eigenvalue weighted by atomic mass is 127. The molecular weight excluding hydrogens is 463 g/mol. The van der Waals surface area contributed by atoms with Gasteiger partial charge in [-0.1, -0.05) is 25.0 Å². The molecular formula is C18H27IN4O2S. The molecule has 2 rings (SSSR count). The summed E-state index contributed by atoms with van der Waals surface area (Å²) in [5, 5.41) is 6.10. The number of terminal acetylenes is 1. The third kappa shape index (κ3) is 6.14. The smallest absolute Gasteiger partial charge is 0.243 e. The summed E-state index contributed by atoms with van der Waals surface area (Å²) in [5.74, 6) is 3.51. The second-order valence-corrected chi connectivity index (χ2v) is 8.18. The third-order valence-electron chi connectivity index (χ3n) is 4.22. The number of hydrogen-bond donors (Lipinski definition) is 2. The summed E-state index contributed by atoms with van der Waals surface area (Å²) in [6.45, 7) is 4.23. The molecule has 144 valence electrons. The van der Waals surface area contributed by atoms with Crippen LogP contribution in [-0.4, -0.2) is 45.4 Å². The van der Waals surface area contributed by atoms with Crippen molar-refractivity contribution in [3.05, 3.63) is 29.8 Å². The van der Waals surface area contributed by atoms with Crippen molar-refractivity contribution in [1.29, 1.82) is 0 Å². The Morgan fingerprint density at radius 3 is 2.62 bits per heavy atom. The average molecular weight is 490 g/mol. The Hall–Kier alpha value is -1.31. The molecule has 0 amide bonds. The zero-order chi connectivity index (χ0) is 18.3. The molecule has 0 saturated carbocycles. The van der Waals surface area contributed by atoms with Gasteiger partial charge in [0.15, 0.2) is 5.96 Å². The SMILES string of the molecule is C#CCNC(=NC)NCc1ccc(S(=O)(=O)N2CCCC(C)C2)cc1.I. The molecule has 0 bridgehead atoms. The lowest BCUT2D eigenvalue weighted by Gasteiger charge is -2.30. The summed E-state index contributed by atoms with van der Waals surface area (Å²) in [4.78, 5) is 4.41. The summed E-state index contributed by atoms with van der Waals surface area (Å²) >= 11 is 0. The van der Waals surface area contributed by atoms with E-state index in [1.165, 1.54) is 0 Å². The molecule has 1 aliphatic heterocycles. The molecule has 8 heteroatoms. The van der Waals surface area contributed by atoms with Crippen LogP contribution in [0.15, 0.2) is 34.2 Å². The molecule has 1 fully saturated rings. The van der Waals surface area contributed by atoms with Gasteiger partial charge in [0.1, 0.15) is 0 Å². The van der Waals surface area contributed by atoms with E-state index < -0.39 is 10.0 Å². The largest absolute Gasteiger partial charge is 0.352 e. The molecule has 0 aromatic heterocycles. The van der Waals surface area contributed by atoms with Gasteiger partial charge in [-0.15, -0.1) is 30.4 Å². The zero-order valence-electron chi connectivity index (χ0n) is 15.2. The summed E-state index contributed by atoms with van der Waals surface area (Å²) < 4.78 is 27.1. The lowest BCUT2D eigenvalue weighted by Crippen LogP contribution is -2.39. The van der Waals surface area contributed by atoms with Crippen LogP contribution in [0, 0.1) is 18.3 Å². The topological polar surface area (TPSA) is 73.8 Å². The standard InChI is InChI=1S/C18H26N4O2S.HI/c1-4-11-20-18(19-3)21-13-16-7-9-17(10-8-16)25(23,24)22-12-5-6-15(2)14-22;/h1,7-10,15H,5-6,11-14H2,2-3H3,(H2,19,20,21);1H. The fourth-order valence-corrected chi connectivity index (χ4v) is 4.43. The van der Waals surface area contributed by atoms with Gasteiger partial charge >= 0.3 is 0 Å². The van der Waals surface area contributed by atoms with Gasteiger partial charge in [0.2, 0.25) is 10.0 Å². The molecule has 1 aromatic rings. The first-order valence-electron chi connectivity index (χ1n) is 8.44. The van der Waals surface area contributed by atoms with E-state index in [9.17, 15) is 8.42 Å². The first-order chi connectivity index (χ1) is 12.0. The van der Waals surface area contributed by atoms with E-state index in [4.69, 9.17) is 6.42 Å². The maximum atomic E-state index is 12.7. The first-order valence-corrected chi connectivity index (χ1v) is 9.88. The van der Waals surface area contributed by atoms with Gasteiger partial charge < -0.3 is 10.6 Å². The van der Waals surface area contributed by atoms with E-state index in [0.29, 0.717) is 43.0 Å². The highest BCUT2D eigenvalue weighted by Crippen LogP contribution is 2.23. The third-order valence-corrected chi connectivity index (χ3v) is 6.10. The minimum absolute atomic E-state index is 0. The van der Waals surface area contributed by atoms with Crippen LogP contribution in [0.4, 0.5) is 0 Å². The van der Waals surface area contributed by atoms with Gasteiger partial charge in [0.25, 0.3) is 0 Å². The fourth-order valence-electron chi connectivity index (χ4n) is 2.83. The lowest BCUT2D eigenvalue weighted by atomic mass is 10.0. The number of nitrogens with one attached hydrogen (secondary N) is 2. The normalized spacial score (nSPS) is 18.5.